The van der Waals surface area contributed by atoms with Crippen molar-refractivity contribution in [1.29, 1.82) is 5.26 Å². The number of fused-ring (bicyclic) bond motifs is 4. The smallest absolute Gasteiger partial charge is 0.292 e. The Hall–Kier alpha value is -3.16. The lowest BCUT2D eigenvalue weighted by atomic mass is 9.98. The molecule has 2 saturated heterocycles. The number of primary sulfonamides is 1. The highest BCUT2D eigenvalue weighted by Gasteiger charge is 2.34. The minimum absolute atomic E-state index is 0.264. The number of piperidine rings is 2. The molecule has 0 radical (unpaired) electrons. The fraction of sp³-hybridized carbons (Fsp3) is 0.659. The van der Waals surface area contributed by atoms with Crippen LogP contribution in [-0.4, -0.2) is 101 Å². The third-order valence-corrected chi connectivity index (χ3v) is 15.7. The number of hydrogen-bond acceptors (Lipinski definition) is 9. The number of likely N-dealkylation sites (tertiary alicyclic amines) is 2. The van der Waals surface area contributed by atoms with E-state index in [2.05, 4.69) is 17.4 Å². The van der Waals surface area contributed by atoms with Crippen molar-refractivity contribution in [3.8, 4) is 12.0 Å². The standard InChI is InChI=1S/C21H29FN2O3S.C13H13NO.C7H15FN2O2S/c22-9-11-24-10-3-6-17(13-24)28(26,27)14-20(25)23-21-18-7-1-4-15(18)12-16-5-2-8-19(16)21;14-8-15-13-11-5-1-3-9(11)7-10-4-2-6-12(10)13;8-3-5-10-4-1-2-7(6-10)13(9,11)12/h12,17H,1-11,13-14H2,(H,23,25);7H,1-6H2;7H,1-6H2,(H2,9,11,12). The van der Waals surface area contributed by atoms with Crippen molar-refractivity contribution in [1.82, 2.24) is 9.80 Å². The number of alkyl halides is 2. The van der Waals surface area contributed by atoms with Gasteiger partial charge in [-0.3, -0.25) is 14.6 Å². The van der Waals surface area contributed by atoms with Gasteiger partial charge in [0.25, 0.3) is 6.26 Å². The number of nitrogens with one attached hydrogen (secondary N) is 1. The third-order valence-electron chi connectivity index (χ3n) is 12.3. The van der Waals surface area contributed by atoms with E-state index in [4.69, 9.17) is 15.1 Å². The lowest BCUT2D eigenvalue weighted by Crippen LogP contribution is -2.45. The van der Waals surface area contributed by atoms with E-state index < -0.39 is 55.4 Å². The number of amides is 1. The maximum atomic E-state index is 12.8. The lowest BCUT2D eigenvalue weighted by Gasteiger charge is -2.31. The van der Waals surface area contributed by atoms with Crippen molar-refractivity contribution in [2.24, 2.45) is 5.14 Å². The van der Waals surface area contributed by atoms with Gasteiger partial charge in [0.2, 0.25) is 15.9 Å². The second-order valence-electron chi connectivity index (χ2n) is 16.1. The van der Waals surface area contributed by atoms with Gasteiger partial charge in [0, 0.05) is 31.9 Å². The Morgan fingerprint density at radius 3 is 1.64 bits per heavy atom. The van der Waals surface area contributed by atoms with Gasteiger partial charge < -0.3 is 10.1 Å². The van der Waals surface area contributed by atoms with Gasteiger partial charge in [-0.05, 0) is 160 Å². The number of ether oxygens (including phenoxy) is 1. The molecule has 15 heteroatoms. The van der Waals surface area contributed by atoms with Crippen LogP contribution >= 0.6 is 0 Å². The molecule has 4 aliphatic carbocycles. The van der Waals surface area contributed by atoms with E-state index in [0.29, 0.717) is 32.5 Å². The summed E-state index contributed by atoms with van der Waals surface area (Å²) < 4.78 is 77.4. The van der Waals surface area contributed by atoms with Crippen molar-refractivity contribution < 1.29 is 35.1 Å². The Morgan fingerprint density at radius 2 is 1.18 bits per heavy atom. The molecule has 2 aromatic rings. The van der Waals surface area contributed by atoms with Gasteiger partial charge in [0.1, 0.15) is 24.9 Å². The summed E-state index contributed by atoms with van der Waals surface area (Å²) in [7, 11) is -7.00. The van der Waals surface area contributed by atoms with Crippen LogP contribution in [0.15, 0.2) is 12.1 Å². The summed E-state index contributed by atoms with van der Waals surface area (Å²) in [6, 6.07) is 4.63. The first-order valence-electron chi connectivity index (χ1n) is 20.4. The average molecular weight is 818 g/mol. The number of anilines is 1. The lowest BCUT2D eigenvalue weighted by molar-refractivity contribution is -0.113. The molecule has 0 aromatic heterocycles. The second-order valence-corrected chi connectivity index (χ2v) is 20.2. The van der Waals surface area contributed by atoms with E-state index in [9.17, 15) is 30.4 Å². The van der Waals surface area contributed by atoms with E-state index in [1.807, 2.05) is 11.2 Å². The fourth-order valence-electron chi connectivity index (χ4n) is 9.61. The zero-order chi connectivity index (χ0) is 39.9. The molecule has 2 unspecified atom stereocenters. The van der Waals surface area contributed by atoms with Gasteiger partial charge in [-0.1, -0.05) is 12.1 Å². The van der Waals surface area contributed by atoms with E-state index in [0.717, 1.165) is 102 Å². The number of nitriles is 1. The molecule has 2 aromatic carbocycles. The minimum atomic E-state index is -3.56. The monoisotopic (exact) mass is 817 g/mol. The number of carbonyl (C=O) groups excluding carboxylic acids is 1. The van der Waals surface area contributed by atoms with Crippen LogP contribution in [0.2, 0.25) is 0 Å². The van der Waals surface area contributed by atoms with Crippen LogP contribution in [0, 0.1) is 11.5 Å². The third kappa shape index (κ3) is 10.3. The van der Waals surface area contributed by atoms with Crippen LogP contribution in [0.25, 0.3) is 0 Å². The molecule has 8 rings (SSSR count). The molecule has 3 N–H and O–H groups in total. The highest BCUT2D eigenvalue weighted by atomic mass is 32.2. The fourth-order valence-corrected chi connectivity index (χ4v) is 12.2. The Morgan fingerprint density at radius 1 is 0.732 bits per heavy atom. The molecule has 308 valence electrons. The van der Waals surface area contributed by atoms with Gasteiger partial charge >= 0.3 is 0 Å². The number of sulfonamides is 1. The molecular formula is C41H57F2N5O6S2. The van der Waals surface area contributed by atoms with Gasteiger partial charge in [-0.15, -0.1) is 5.26 Å². The number of benzene rings is 2. The predicted molar refractivity (Wildman–Crippen MR) is 214 cm³/mol. The second kappa shape index (κ2) is 19.1. The highest BCUT2D eigenvalue weighted by Crippen LogP contribution is 2.40. The number of halogens is 2. The normalized spacial score (nSPS) is 21.7. The van der Waals surface area contributed by atoms with Crippen LogP contribution in [0.4, 0.5) is 14.5 Å². The first kappa shape index (κ1) is 42.4. The first-order chi connectivity index (χ1) is 26.9. The quantitative estimate of drug-likeness (QED) is 0.324. The Labute approximate surface area is 331 Å². The highest BCUT2D eigenvalue weighted by molar-refractivity contribution is 7.92. The Kier molecular flexibility index (Phi) is 14.4. The molecule has 2 fully saturated rings. The zero-order valence-electron chi connectivity index (χ0n) is 32.4. The van der Waals surface area contributed by atoms with Crippen molar-refractivity contribution in [2.45, 2.75) is 113 Å². The summed E-state index contributed by atoms with van der Waals surface area (Å²) in [5.41, 5.74) is 11.4. The van der Waals surface area contributed by atoms with Crippen LogP contribution in [0.1, 0.15) is 95.9 Å². The summed E-state index contributed by atoms with van der Waals surface area (Å²) in [6.07, 6.45) is 17.6. The Balaban J connectivity index is 0.000000159. The topological polar surface area (TPSA) is 163 Å². The summed E-state index contributed by atoms with van der Waals surface area (Å²) >= 11 is 0. The SMILES string of the molecule is N#COc1c2c(cc3c1CCC3)CCC2.NS(=O)(=O)C1CCCN(CCF)C1.O=C(CS(=O)(=O)C1CCCN(CCF)C1)Nc1c2c(cc3c1CCC3)CCC2. The number of hydrogen-bond donors (Lipinski definition) is 2. The molecule has 0 saturated carbocycles. The van der Waals surface area contributed by atoms with E-state index in [-0.39, 0.29) is 6.54 Å². The van der Waals surface area contributed by atoms with Crippen LogP contribution < -0.4 is 15.2 Å². The molecule has 6 aliphatic rings. The largest absolute Gasteiger partial charge is 0.387 e. The molecule has 11 nitrogen and oxygen atoms in total. The summed E-state index contributed by atoms with van der Waals surface area (Å²) in [5.74, 6) is -0.0171. The molecule has 2 aliphatic heterocycles. The van der Waals surface area contributed by atoms with Gasteiger partial charge in [-0.25, -0.2) is 30.8 Å². The first-order valence-corrected chi connectivity index (χ1v) is 23.7. The molecule has 2 heterocycles. The number of rotatable bonds is 10. The molecular weight excluding hydrogens is 761 g/mol. The maximum absolute atomic E-state index is 12.8. The number of aryl methyl sites for hydroxylation is 4. The maximum Gasteiger partial charge on any atom is 0.292 e. The summed E-state index contributed by atoms with van der Waals surface area (Å²) in [5, 5.41) is 15.6. The van der Waals surface area contributed by atoms with Crippen LogP contribution in [0.3, 0.4) is 0 Å². The number of nitrogens with zero attached hydrogens (tertiary/aromatic N) is 3. The molecule has 56 heavy (non-hydrogen) atoms. The van der Waals surface area contributed by atoms with Crippen LogP contribution in [-0.2, 0) is 76.0 Å². The van der Waals surface area contributed by atoms with Crippen molar-refractivity contribution in [2.75, 3.05) is 63.7 Å². The zero-order valence-corrected chi connectivity index (χ0v) is 34.1. The van der Waals surface area contributed by atoms with E-state index in [1.54, 1.807) is 4.90 Å². The van der Waals surface area contributed by atoms with Crippen molar-refractivity contribution >= 4 is 31.5 Å². The molecule has 0 bridgehead atoms. The van der Waals surface area contributed by atoms with Crippen LogP contribution in [0.5, 0.6) is 5.75 Å². The Bertz CT molecular complexity index is 1940. The van der Waals surface area contributed by atoms with Crippen molar-refractivity contribution in [3.05, 3.63) is 56.6 Å². The van der Waals surface area contributed by atoms with Gasteiger partial charge in [0.15, 0.2) is 9.84 Å². The number of sulfone groups is 1. The van der Waals surface area contributed by atoms with Gasteiger partial charge in [-0.2, -0.15) is 0 Å². The number of nitrogens with two attached hydrogens (primary N) is 1. The average Bonchev–Trinajstić information content (AvgIpc) is 4.00. The van der Waals surface area contributed by atoms with E-state index in [1.165, 1.54) is 57.3 Å². The van der Waals surface area contributed by atoms with Crippen molar-refractivity contribution in [3.63, 3.8) is 0 Å². The molecule has 2 atom stereocenters. The summed E-state index contributed by atoms with van der Waals surface area (Å²) in [4.78, 5) is 16.4. The van der Waals surface area contributed by atoms with E-state index >= 15 is 0 Å². The molecule has 1 amide bonds. The molecule has 0 spiro atoms. The number of carbonyl (C=O) groups is 1. The van der Waals surface area contributed by atoms with Gasteiger partial charge in [0.05, 0.1) is 10.5 Å². The minimum Gasteiger partial charge on any atom is -0.387 e. The predicted octanol–water partition coefficient (Wildman–Crippen LogP) is 4.68. The summed E-state index contributed by atoms with van der Waals surface area (Å²) in [6.45, 7) is 1.88.